The first-order valence-corrected chi connectivity index (χ1v) is 6.94. The van der Waals surface area contributed by atoms with Crippen molar-refractivity contribution in [3.63, 3.8) is 0 Å². The monoisotopic (exact) mass is 266 g/mol. The van der Waals surface area contributed by atoms with Crippen molar-refractivity contribution in [1.29, 1.82) is 0 Å². The van der Waals surface area contributed by atoms with Gasteiger partial charge in [-0.25, -0.2) is 4.98 Å². The summed E-state index contributed by atoms with van der Waals surface area (Å²) in [5, 5.41) is 3.30. The summed E-state index contributed by atoms with van der Waals surface area (Å²) in [7, 11) is 0. The second-order valence-corrected chi connectivity index (χ2v) is 5.61. The number of hydrogen-bond acceptors (Lipinski definition) is 2. The van der Waals surface area contributed by atoms with Gasteiger partial charge in [-0.2, -0.15) is 0 Å². The number of rotatable bonds is 3. The van der Waals surface area contributed by atoms with Gasteiger partial charge in [0.15, 0.2) is 0 Å². The van der Waals surface area contributed by atoms with Gasteiger partial charge in [-0.3, -0.25) is 4.79 Å². The Morgan fingerprint density at radius 2 is 2.11 bits per heavy atom. The lowest BCUT2D eigenvalue weighted by Crippen LogP contribution is -2.32. The molecule has 0 bridgehead atoms. The van der Waals surface area contributed by atoms with E-state index in [4.69, 9.17) is 11.6 Å². The predicted octanol–water partition coefficient (Wildman–Crippen LogP) is 2.92. The summed E-state index contributed by atoms with van der Waals surface area (Å²) in [5.41, 5.74) is 1.37. The van der Waals surface area contributed by atoms with E-state index in [1.165, 1.54) is 0 Å². The Morgan fingerprint density at radius 1 is 1.39 bits per heavy atom. The maximum Gasteiger partial charge on any atom is 0.269 e. The number of halogens is 1. The molecule has 1 aliphatic rings. The number of amides is 1. The molecule has 0 aromatic carbocycles. The summed E-state index contributed by atoms with van der Waals surface area (Å²) in [6.07, 6.45) is 4.33. The molecule has 1 N–H and O–H groups in total. The van der Waals surface area contributed by atoms with E-state index >= 15 is 0 Å². The lowest BCUT2D eigenvalue weighted by molar-refractivity contribution is 0.0938. The van der Waals surface area contributed by atoms with Crippen LogP contribution in [0.1, 0.15) is 41.9 Å². The molecule has 1 saturated carbocycles. The highest BCUT2D eigenvalue weighted by Gasteiger charge is 2.20. The van der Waals surface area contributed by atoms with Gasteiger partial charge in [-0.15, -0.1) is 11.6 Å². The second-order valence-electron chi connectivity index (χ2n) is 4.99. The quantitative estimate of drug-likeness (QED) is 0.855. The Labute approximate surface area is 113 Å². The third-order valence-electron chi connectivity index (χ3n) is 3.45. The molecule has 0 spiro atoms. The highest BCUT2D eigenvalue weighted by Crippen LogP contribution is 2.26. The first kappa shape index (κ1) is 13.3. The summed E-state index contributed by atoms with van der Waals surface area (Å²) in [6, 6.07) is 5.49. The number of aryl methyl sites for hydroxylation is 1. The van der Waals surface area contributed by atoms with E-state index in [1.54, 1.807) is 6.07 Å². The first-order chi connectivity index (χ1) is 8.65. The van der Waals surface area contributed by atoms with Crippen molar-refractivity contribution in [2.24, 2.45) is 5.92 Å². The Hall–Kier alpha value is -1.09. The van der Waals surface area contributed by atoms with Crippen LogP contribution in [0, 0.1) is 12.8 Å². The standard InChI is InChI=1S/C14H19ClN2O/c1-10-3-2-4-13(17-10)14(18)16-9-11-5-7-12(15)8-6-11/h2-4,11-12H,5-9H2,1H3,(H,16,18). The van der Waals surface area contributed by atoms with E-state index in [-0.39, 0.29) is 5.91 Å². The molecule has 1 fully saturated rings. The molecule has 2 rings (SSSR count). The SMILES string of the molecule is Cc1cccc(C(=O)NCC2CCC(Cl)CC2)n1. The van der Waals surface area contributed by atoms with Crippen molar-refractivity contribution >= 4 is 17.5 Å². The molecule has 0 unspecified atom stereocenters. The van der Waals surface area contributed by atoms with E-state index in [0.717, 1.165) is 37.9 Å². The molecular weight excluding hydrogens is 248 g/mol. The molecule has 0 radical (unpaired) electrons. The average Bonchev–Trinajstić information content (AvgIpc) is 2.38. The zero-order valence-corrected chi connectivity index (χ0v) is 11.4. The molecular formula is C14H19ClN2O. The van der Waals surface area contributed by atoms with Crippen LogP contribution in [0.3, 0.4) is 0 Å². The maximum absolute atomic E-state index is 11.9. The number of alkyl halides is 1. The third kappa shape index (κ3) is 3.70. The van der Waals surface area contributed by atoms with Gasteiger partial charge in [0.05, 0.1) is 0 Å². The summed E-state index contributed by atoms with van der Waals surface area (Å²) < 4.78 is 0. The fraction of sp³-hybridized carbons (Fsp3) is 0.571. The number of carbonyl (C=O) groups is 1. The van der Waals surface area contributed by atoms with Gasteiger partial charge in [-0.05, 0) is 50.7 Å². The van der Waals surface area contributed by atoms with Crippen LogP contribution in [0.5, 0.6) is 0 Å². The van der Waals surface area contributed by atoms with Crippen molar-refractivity contribution in [3.8, 4) is 0 Å². The molecule has 1 amide bonds. The van der Waals surface area contributed by atoms with Crippen LogP contribution in [0.25, 0.3) is 0 Å². The smallest absolute Gasteiger partial charge is 0.269 e. The zero-order chi connectivity index (χ0) is 13.0. The van der Waals surface area contributed by atoms with Crippen molar-refractivity contribution in [2.75, 3.05) is 6.54 Å². The largest absolute Gasteiger partial charge is 0.350 e. The van der Waals surface area contributed by atoms with Crippen LogP contribution in [-0.2, 0) is 0 Å². The molecule has 1 aliphatic carbocycles. The highest BCUT2D eigenvalue weighted by atomic mass is 35.5. The van der Waals surface area contributed by atoms with E-state index < -0.39 is 0 Å². The number of pyridine rings is 1. The number of hydrogen-bond donors (Lipinski definition) is 1. The minimum absolute atomic E-state index is 0.0771. The second kappa shape index (κ2) is 6.19. The topological polar surface area (TPSA) is 42.0 Å². The number of aromatic nitrogens is 1. The Kier molecular flexibility index (Phi) is 4.59. The third-order valence-corrected chi connectivity index (χ3v) is 3.88. The molecule has 1 heterocycles. The summed E-state index contributed by atoms with van der Waals surface area (Å²) in [6.45, 7) is 2.62. The van der Waals surface area contributed by atoms with E-state index in [9.17, 15) is 4.79 Å². The number of nitrogens with zero attached hydrogens (tertiary/aromatic N) is 1. The molecule has 0 atom stereocenters. The Bertz CT molecular complexity index is 414. The lowest BCUT2D eigenvalue weighted by Gasteiger charge is -2.24. The maximum atomic E-state index is 11.9. The highest BCUT2D eigenvalue weighted by molar-refractivity contribution is 6.20. The summed E-state index contributed by atoms with van der Waals surface area (Å²) >= 11 is 6.06. The molecule has 0 aliphatic heterocycles. The van der Waals surface area contributed by atoms with Crippen molar-refractivity contribution in [2.45, 2.75) is 38.0 Å². The van der Waals surface area contributed by atoms with Gasteiger partial charge in [0.2, 0.25) is 0 Å². The minimum Gasteiger partial charge on any atom is -0.350 e. The van der Waals surface area contributed by atoms with Gasteiger partial charge in [-0.1, -0.05) is 6.07 Å². The van der Waals surface area contributed by atoms with Crippen molar-refractivity contribution in [1.82, 2.24) is 10.3 Å². The molecule has 1 aromatic heterocycles. The van der Waals surface area contributed by atoms with Crippen LogP contribution < -0.4 is 5.32 Å². The normalized spacial score (nSPS) is 23.7. The van der Waals surface area contributed by atoms with Crippen LogP contribution in [0.15, 0.2) is 18.2 Å². The van der Waals surface area contributed by atoms with Crippen LogP contribution in [0.2, 0.25) is 0 Å². The van der Waals surface area contributed by atoms with Gasteiger partial charge >= 0.3 is 0 Å². The van der Waals surface area contributed by atoms with Crippen LogP contribution >= 0.6 is 11.6 Å². The minimum atomic E-state index is -0.0771. The fourth-order valence-electron chi connectivity index (χ4n) is 2.32. The van der Waals surface area contributed by atoms with E-state index in [1.807, 2.05) is 19.1 Å². The summed E-state index contributed by atoms with van der Waals surface area (Å²) in [5.74, 6) is 0.487. The zero-order valence-electron chi connectivity index (χ0n) is 10.7. The van der Waals surface area contributed by atoms with Gasteiger partial charge < -0.3 is 5.32 Å². The van der Waals surface area contributed by atoms with Crippen LogP contribution in [-0.4, -0.2) is 22.8 Å². The van der Waals surface area contributed by atoms with Crippen molar-refractivity contribution in [3.05, 3.63) is 29.6 Å². The van der Waals surface area contributed by atoms with Gasteiger partial charge in [0.1, 0.15) is 5.69 Å². The molecule has 3 nitrogen and oxygen atoms in total. The van der Waals surface area contributed by atoms with Gasteiger partial charge in [0, 0.05) is 17.6 Å². The molecule has 1 aromatic rings. The van der Waals surface area contributed by atoms with E-state index in [0.29, 0.717) is 17.0 Å². The Morgan fingerprint density at radius 3 is 2.78 bits per heavy atom. The van der Waals surface area contributed by atoms with Crippen LogP contribution in [0.4, 0.5) is 0 Å². The lowest BCUT2D eigenvalue weighted by atomic mass is 9.89. The number of carbonyl (C=O) groups excluding carboxylic acids is 1. The number of nitrogens with one attached hydrogen (secondary N) is 1. The Balaban J connectivity index is 1.81. The molecule has 4 heteroatoms. The molecule has 18 heavy (non-hydrogen) atoms. The van der Waals surface area contributed by atoms with E-state index in [2.05, 4.69) is 10.3 Å². The average molecular weight is 267 g/mol. The molecule has 0 saturated heterocycles. The molecule has 98 valence electrons. The summed E-state index contributed by atoms with van der Waals surface area (Å²) in [4.78, 5) is 16.1. The van der Waals surface area contributed by atoms with Gasteiger partial charge in [0.25, 0.3) is 5.91 Å². The van der Waals surface area contributed by atoms with Crippen molar-refractivity contribution < 1.29 is 4.79 Å². The fourth-order valence-corrected chi connectivity index (χ4v) is 2.57. The predicted molar refractivity (Wildman–Crippen MR) is 72.9 cm³/mol. The first-order valence-electron chi connectivity index (χ1n) is 6.51.